The molecule has 1 heterocycles. The van der Waals surface area contributed by atoms with Crippen molar-refractivity contribution in [1.82, 2.24) is 4.90 Å². The smallest absolute Gasteiger partial charge is 0.228 e. The van der Waals surface area contributed by atoms with Gasteiger partial charge in [-0.15, -0.1) is 0 Å². The van der Waals surface area contributed by atoms with E-state index >= 15 is 0 Å². The topological polar surface area (TPSA) is 32.3 Å². The number of carbonyl (C=O) groups is 1. The summed E-state index contributed by atoms with van der Waals surface area (Å²) in [6, 6.07) is 5.45. The van der Waals surface area contributed by atoms with Gasteiger partial charge in [-0.2, -0.15) is 0 Å². The van der Waals surface area contributed by atoms with Gasteiger partial charge >= 0.3 is 0 Å². The van der Waals surface area contributed by atoms with Crippen LogP contribution in [0.25, 0.3) is 0 Å². The van der Waals surface area contributed by atoms with E-state index in [0.29, 0.717) is 5.02 Å². The summed E-state index contributed by atoms with van der Waals surface area (Å²) in [5.41, 5.74) is 0.751. The molecule has 1 aliphatic rings. The first-order chi connectivity index (χ1) is 8.56. The van der Waals surface area contributed by atoms with Crippen molar-refractivity contribution in [3.8, 4) is 0 Å². The number of carbonyl (C=O) groups excluding carboxylic acids is 1. The molecule has 1 N–H and O–H groups in total. The van der Waals surface area contributed by atoms with Gasteiger partial charge < -0.3 is 10.2 Å². The van der Waals surface area contributed by atoms with Crippen LogP contribution in [0.2, 0.25) is 5.02 Å². The van der Waals surface area contributed by atoms with Gasteiger partial charge in [0.25, 0.3) is 0 Å². The quantitative estimate of drug-likeness (QED) is 0.901. The molecule has 1 aromatic rings. The van der Waals surface area contributed by atoms with Crippen LogP contribution in [0.15, 0.2) is 22.7 Å². The highest BCUT2D eigenvalue weighted by atomic mass is 79.9. The maximum Gasteiger partial charge on any atom is 0.228 e. The van der Waals surface area contributed by atoms with Crippen molar-refractivity contribution in [3.05, 3.63) is 27.7 Å². The van der Waals surface area contributed by atoms with Crippen molar-refractivity contribution >= 4 is 39.1 Å². The SMILES string of the molecule is CN1CCC[C@@H](C(=O)Nc2ccc(Br)c(Cl)c2)C1. The van der Waals surface area contributed by atoms with Crippen LogP contribution in [0.1, 0.15) is 12.8 Å². The van der Waals surface area contributed by atoms with Gasteiger partial charge in [-0.3, -0.25) is 4.79 Å². The molecule has 0 bridgehead atoms. The fourth-order valence-electron chi connectivity index (χ4n) is 2.20. The minimum Gasteiger partial charge on any atom is -0.326 e. The fourth-order valence-corrected chi connectivity index (χ4v) is 2.63. The van der Waals surface area contributed by atoms with Crippen molar-refractivity contribution in [2.75, 3.05) is 25.5 Å². The van der Waals surface area contributed by atoms with Crippen LogP contribution >= 0.6 is 27.5 Å². The Balaban J connectivity index is 2.00. The van der Waals surface area contributed by atoms with Crippen molar-refractivity contribution in [1.29, 1.82) is 0 Å². The number of amides is 1. The van der Waals surface area contributed by atoms with Crippen LogP contribution in [0.4, 0.5) is 5.69 Å². The van der Waals surface area contributed by atoms with Crippen molar-refractivity contribution in [2.24, 2.45) is 5.92 Å². The Labute approximate surface area is 121 Å². The molecular weight excluding hydrogens is 316 g/mol. The summed E-state index contributed by atoms with van der Waals surface area (Å²) in [6.45, 7) is 1.91. The van der Waals surface area contributed by atoms with E-state index in [1.807, 2.05) is 12.1 Å². The van der Waals surface area contributed by atoms with Gasteiger partial charge in [-0.05, 0) is 60.6 Å². The van der Waals surface area contributed by atoms with Gasteiger partial charge in [0.15, 0.2) is 0 Å². The van der Waals surface area contributed by atoms with E-state index in [9.17, 15) is 4.79 Å². The molecule has 18 heavy (non-hydrogen) atoms. The van der Waals surface area contributed by atoms with Crippen molar-refractivity contribution in [3.63, 3.8) is 0 Å². The van der Waals surface area contributed by atoms with E-state index in [1.54, 1.807) is 6.07 Å². The van der Waals surface area contributed by atoms with Gasteiger partial charge in [-0.1, -0.05) is 11.6 Å². The molecule has 98 valence electrons. The lowest BCUT2D eigenvalue weighted by Crippen LogP contribution is -2.38. The highest BCUT2D eigenvalue weighted by Crippen LogP contribution is 2.26. The van der Waals surface area contributed by atoms with E-state index < -0.39 is 0 Å². The Bertz CT molecular complexity index is 453. The lowest BCUT2D eigenvalue weighted by atomic mass is 9.97. The third kappa shape index (κ3) is 3.46. The first-order valence-corrected chi connectivity index (χ1v) is 7.18. The van der Waals surface area contributed by atoms with Crippen LogP contribution in [0.5, 0.6) is 0 Å². The Morgan fingerprint density at radius 2 is 2.33 bits per heavy atom. The zero-order valence-corrected chi connectivity index (χ0v) is 12.6. The number of hydrogen-bond acceptors (Lipinski definition) is 2. The van der Waals surface area contributed by atoms with Gasteiger partial charge in [0.1, 0.15) is 0 Å². The molecule has 3 nitrogen and oxygen atoms in total. The first kappa shape index (κ1) is 13.8. The molecular formula is C13H16BrClN2O. The lowest BCUT2D eigenvalue weighted by Gasteiger charge is -2.28. The van der Waals surface area contributed by atoms with E-state index in [0.717, 1.165) is 36.1 Å². The third-order valence-corrected chi connectivity index (χ3v) is 4.41. The summed E-state index contributed by atoms with van der Waals surface area (Å²) >= 11 is 9.33. The molecule has 0 aromatic heterocycles. The zero-order chi connectivity index (χ0) is 13.1. The number of piperidine rings is 1. The van der Waals surface area contributed by atoms with Gasteiger partial charge in [0, 0.05) is 16.7 Å². The molecule has 0 spiro atoms. The second-order valence-electron chi connectivity index (χ2n) is 4.72. The first-order valence-electron chi connectivity index (χ1n) is 6.00. The predicted molar refractivity (Wildman–Crippen MR) is 78.0 cm³/mol. The maximum atomic E-state index is 12.1. The average molecular weight is 332 g/mol. The lowest BCUT2D eigenvalue weighted by molar-refractivity contribution is -0.121. The van der Waals surface area contributed by atoms with Crippen LogP contribution in [-0.4, -0.2) is 30.9 Å². The molecule has 1 amide bonds. The maximum absolute atomic E-state index is 12.1. The minimum atomic E-state index is 0.0752. The summed E-state index contributed by atoms with van der Waals surface area (Å²) in [5, 5.41) is 3.53. The van der Waals surface area contributed by atoms with Crippen LogP contribution in [0, 0.1) is 5.92 Å². The van der Waals surface area contributed by atoms with E-state index in [2.05, 4.69) is 33.2 Å². The Morgan fingerprint density at radius 1 is 1.56 bits per heavy atom. The monoisotopic (exact) mass is 330 g/mol. The number of likely N-dealkylation sites (tertiary alicyclic amines) is 1. The highest BCUT2D eigenvalue weighted by Gasteiger charge is 2.23. The standard InChI is InChI=1S/C13H16BrClN2O/c1-17-6-2-3-9(8-17)13(18)16-10-4-5-11(14)12(15)7-10/h4-5,7,9H,2-3,6,8H2,1H3,(H,16,18)/t9-/m1/s1. The van der Waals surface area contributed by atoms with E-state index in [-0.39, 0.29) is 11.8 Å². The minimum absolute atomic E-state index is 0.0752. The van der Waals surface area contributed by atoms with Gasteiger partial charge in [-0.25, -0.2) is 0 Å². The molecule has 1 saturated heterocycles. The summed E-state index contributed by atoms with van der Waals surface area (Å²) in [6.07, 6.45) is 2.04. The second-order valence-corrected chi connectivity index (χ2v) is 5.98. The molecule has 1 aromatic carbocycles. The van der Waals surface area contributed by atoms with E-state index in [4.69, 9.17) is 11.6 Å². The van der Waals surface area contributed by atoms with Crippen molar-refractivity contribution in [2.45, 2.75) is 12.8 Å². The van der Waals surface area contributed by atoms with Crippen LogP contribution in [0.3, 0.4) is 0 Å². The molecule has 0 unspecified atom stereocenters. The molecule has 5 heteroatoms. The molecule has 0 radical (unpaired) electrons. The summed E-state index contributed by atoms with van der Waals surface area (Å²) in [7, 11) is 2.05. The Kier molecular flexibility index (Phi) is 4.65. The number of anilines is 1. The highest BCUT2D eigenvalue weighted by molar-refractivity contribution is 9.10. The average Bonchev–Trinajstić information content (AvgIpc) is 2.34. The van der Waals surface area contributed by atoms with Crippen LogP contribution in [-0.2, 0) is 4.79 Å². The zero-order valence-electron chi connectivity index (χ0n) is 10.2. The Morgan fingerprint density at radius 3 is 3.00 bits per heavy atom. The molecule has 1 fully saturated rings. The fraction of sp³-hybridized carbons (Fsp3) is 0.462. The normalized spacial score (nSPS) is 20.7. The number of halogens is 2. The largest absolute Gasteiger partial charge is 0.326 e. The van der Waals surface area contributed by atoms with E-state index in [1.165, 1.54) is 0 Å². The molecule has 2 rings (SSSR count). The van der Waals surface area contributed by atoms with Gasteiger partial charge in [0.2, 0.25) is 5.91 Å². The molecule has 0 aliphatic carbocycles. The Hall–Kier alpha value is -0.580. The molecule has 0 saturated carbocycles. The number of hydrogen-bond donors (Lipinski definition) is 1. The number of benzene rings is 1. The molecule has 1 aliphatic heterocycles. The number of nitrogens with zero attached hydrogens (tertiary/aromatic N) is 1. The summed E-state index contributed by atoms with van der Waals surface area (Å²) in [4.78, 5) is 14.3. The third-order valence-electron chi connectivity index (χ3n) is 3.18. The number of rotatable bonds is 2. The van der Waals surface area contributed by atoms with Crippen LogP contribution < -0.4 is 5.32 Å². The van der Waals surface area contributed by atoms with Gasteiger partial charge in [0.05, 0.1) is 10.9 Å². The van der Waals surface area contributed by atoms with Crippen molar-refractivity contribution < 1.29 is 4.79 Å². The second kappa shape index (κ2) is 6.04. The summed E-state index contributed by atoms with van der Waals surface area (Å²) < 4.78 is 0.833. The number of nitrogens with one attached hydrogen (secondary N) is 1. The summed E-state index contributed by atoms with van der Waals surface area (Å²) in [5.74, 6) is 0.158. The molecule has 1 atom stereocenters. The predicted octanol–water partition coefficient (Wildman–Crippen LogP) is 3.38.